The standard InChI is InChI=1S/C13H13N/c1-3-4-13(10-14)9-12-7-5-11(2)6-8-12/h3,5-9H,1,4H2,2H3/b13-9-. The predicted molar refractivity (Wildman–Crippen MR) is 59.6 cm³/mol. The topological polar surface area (TPSA) is 23.8 Å². The van der Waals surface area contributed by atoms with Gasteiger partial charge in [0.1, 0.15) is 0 Å². The molecule has 0 amide bonds. The van der Waals surface area contributed by atoms with Crippen molar-refractivity contribution in [1.82, 2.24) is 0 Å². The summed E-state index contributed by atoms with van der Waals surface area (Å²) in [5, 5.41) is 8.81. The highest BCUT2D eigenvalue weighted by Gasteiger charge is 1.93. The van der Waals surface area contributed by atoms with Crippen LogP contribution in [0.3, 0.4) is 0 Å². The summed E-state index contributed by atoms with van der Waals surface area (Å²) in [5.41, 5.74) is 3.03. The van der Waals surface area contributed by atoms with E-state index >= 15 is 0 Å². The molecular weight excluding hydrogens is 170 g/mol. The zero-order valence-corrected chi connectivity index (χ0v) is 8.33. The Morgan fingerprint density at radius 2 is 2.07 bits per heavy atom. The summed E-state index contributed by atoms with van der Waals surface area (Å²) >= 11 is 0. The van der Waals surface area contributed by atoms with Crippen LogP contribution in [0.15, 0.2) is 42.5 Å². The molecule has 0 N–H and O–H groups in total. The predicted octanol–water partition coefficient (Wildman–Crippen LogP) is 3.48. The highest BCUT2D eigenvalue weighted by Crippen LogP contribution is 2.10. The molecule has 1 heteroatoms. The molecule has 0 bridgehead atoms. The molecule has 1 aromatic carbocycles. The van der Waals surface area contributed by atoms with Crippen molar-refractivity contribution in [3.05, 3.63) is 53.6 Å². The Bertz CT molecular complexity index is 377. The molecule has 0 aliphatic heterocycles. The van der Waals surface area contributed by atoms with Gasteiger partial charge in [-0.3, -0.25) is 0 Å². The van der Waals surface area contributed by atoms with E-state index in [1.807, 2.05) is 37.3 Å². The molecule has 70 valence electrons. The normalized spacial score (nSPS) is 10.7. The molecule has 0 unspecified atom stereocenters. The van der Waals surface area contributed by atoms with Crippen molar-refractivity contribution >= 4 is 6.08 Å². The first-order valence-corrected chi connectivity index (χ1v) is 4.54. The van der Waals surface area contributed by atoms with Gasteiger partial charge in [0.2, 0.25) is 0 Å². The van der Waals surface area contributed by atoms with Gasteiger partial charge in [-0.15, -0.1) is 6.58 Å². The molecule has 0 saturated carbocycles. The van der Waals surface area contributed by atoms with E-state index < -0.39 is 0 Å². The summed E-state index contributed by atoms with van der Waals surface area (Å²) in [4.78, 5) is 0. The van der Waals surface area contributed by atoms with Crippen molar-refractivity contribution < 1.29 is 0 Å². The fourth-order valence-corrected chi connectivity index (χ4v) is 1.16. The van der Waals surface area contributed by atoms with Crippen LogP contribution >= 0.6 is 0 Å². The van der Waals surface area contributed by atoms with Crippen LogP contribution in [-0.4, -0.2) is 0 Å². The Morgan fingerprint density at radius 1 is 1.43 bits per heavy atom. The van der Waals surface area contributed by atoms with Gasteiger partial charge in [0.15, 0.2) is 0 Å². The third kappa shape index (κ3) is 2.91. The SMILES string of the molecule is C=CC/C(C#N)=C/c1ccc(C)cc1. The maximum absolute atomic E-state index is 8.81. The molecule has 0 atom stereocenters. The van der Waals surface area contributed by atoms with Crippen molar-refractivity contribution in [2.24, 2.45) is 0 Å². The lowest BCUT2D eigenvalue weighted by Crippen LogP contribution is -1.78. The summed E-state index contributed by atoms with van der Waals surface area (Å²) in [5.74, 6) is 0. The summed E-state index contributed by atoms with van der Waals surface area (Å²) in [6.45, 7) is 5.66. The fraction of sp³-hybridized carbons (Fsp3) is 0.154. The van der Waals surface area contributed by atoms with E-state index in [1.165, 1.54) is 5.56 Å². The van der Waals surface area contributed by atoms with E-state index in [0.29, 0.717) is 6.42 Å². The summed E-state index contributed by atoms with van der Waals surface area (Å²) in [6, 6.07) is 10.2. The average Bonchev–Trinajstić information content (AvgIpc) is 2.20. The number of nitriles is 1. The molecule has 0 saturated heterocycles. The lowest BCUT2D eigenvalue weighted by atomic mass is 10.1. The lowest BCUT2D eigenvalue weighted by molar-refractivity contribution is 1.30. The molecule has 0 spiro atoms. The maximum Gasteiger partial charge on any atom is 0.0950 e. The molecule has 0 heterocycles. The van der Waals surface area contributed by atoms with Crippen molar-refractivity contribution in [3.63, 3.8) is 0 Å². The molecule has 1 nitrogen and oxygen atoms in total. The van der Waals surface area contributed by atoms with E-state index in [0.717, 1.165) is 11.1 Å². The van der Waals surface area contributed by atoms with Crippen LogP contribution in [0, 0.1) is 18.3 Å². The number of hydrogen-bond donors (Lipinski definition) is 0. The Labute approximate surface area is 85.0 Å². The quantitative estimate of drug-likeness (QED) is 0.520. The largest absolute Gasteiger partial charge is 0.193 e. The van der Waals surface area contributed by atoms with Crippen molar-refractivity contribution in [3.8, 4) is 6.07 Å². The molecular formula is C13H13N. The van der Waals surface area contributed by atoms with Crippen molar-refractivity contribution in [2.45, 2.75) is 13.3 Å². The number of nitrogens with zero attached hydrogens (tertiary/aromatic N) is 1. The van der Waals surface area contributed by atoms with Gasteiger partial charge in [-0.05, 0) is 18.6 Å². The van der Waals surface area contributed by atoms with E-state index in [1.54, 1.807) is 6.08 Å². The zero-order valence-electron chi connectivity index (χ0n) is 8.33. The minimum Gasteiger partial charge on any atom is -0.193 e. The molecule has 0 aliphatic rings. The van der Waals surface area contributed by atoms with Crippen LogP contribution in [-0.2, 0) is 0 Å². The second kappa shape index (κ2) is 5.04. The summed E-state index contributed by atoms with van der Waals surface area (Å²) in [7, 11) is 0. The Kier molecular flexibility index (Phi) is 3.69. The third-order valence-electron chi connectivity index (χ3n) is 1.93. The van der Waals surface area contributed by atoms with Crippen molar-refractivity contribution in [1.29, 1.82) is 5.26 Å². The fourth-order valence-electron chi connectivity index (χ4n) is 1.16. The highest BCUT2D eigenvalue weighted by atomic mass is 14.2. The first-order valence-electron chi connectivity index (χ1n) is 4.54. The summed E-state index contributed by atoms with van der Waals surface area (Å²) < 4.78 is 0. The van der Waals surface area contributed by atoms with Gasteiger partial charge in [0.25, 0.3) is 0 Å². The number of aryl methyl sites for hydroxylation is 1. The second-order valence-electron chi connectivity index (χ2n) is 3.18. The molecule has 0 aromatic heterocycles. The van der Waals surface area contributed by atoms with Crippen LogP contribution in [0.4, 0.5) is 0 Å². The Morgan fingerprint density at radius 3 is 2.57 bits per heavy atom. The van der Waals surface area contributed by atoms with Crippen LogP contribution in [0.1, 0.15) is 17.5 Å². The summed E-state index contributed by atoms with van der Waals surface area (Å²) in [6.07, 6.45) is 4.26. The number of benzene rings is 1. The number of rotatable bonds is 3. The van der Waals surface area contributed by atoms with Gasteiger partial charge in [-0.2, -0.15) is 5.26 Å². The Hall–Kier alpha value is -1.81. The van der Waals surface area contributed by atoms with Gasteiger partial charge in [0, 0.05) is 12.0 Å². The maximum atomic E-state index is 8.81. The van der Waals surface area contributed by atoms with Crippen LogP contribution in [0.5, 0.6) is 0 Å². The van der Waals surface area contributed by atoms with Gasteiger partial charge >= 0.3 is 0 Å². The van der Waals surface area contributed by atoms with E-state index in [9.17, 15) is 0 Å². The molecule has 1 rings (SSSR count). The average molecular weight is 183 g/mol. The monoisotopic (exact) mass is 183 g/mol. The van der Waals surface area contributed by atoms with Gasteiger partial charge in [-0.1, -0.05) is 35.9 Å². The lowest BCUT2D eigenvalue weighted by Gasteiger charge is -1.96. The molecule has 1 aromatic rings. The number of hydrogen-bond acceptors (Lipinski definition) is 1. The van der Waals surface area contributed by atoms with E-state index in [4.69, 9.17) is 5.26 Å². The molecule has 0 radical (unpaired) electrons. The number of allylic oxidation sites excluding steroid dienone is 2. The van der Waals surface area contributed by atoms with Crippen LogP contribution in [0.2, 0.25) is 0 Å². The minimum atomic E-state index is 0.629. The van der Waals surface area contributed by atoms with Gasteiger partial charge in [0.05, 0.1) is 6.07 Å². The van der Waals surface area contributed by atoms with Crippen LogP contribution < -0.4 is 0 Å². The molecule has 0 aliphatic carbocycles. The molecule has 0 fully saturated rings. The third-order valence-corrected chi connectivity index (χ3v) is 1.93. The van der Waals surface area contributed by atoms with E-state index in [-0.39, 0.29) is 0 Å². The van der Waals surface area contributed by atoms with Crippen molar-refractivity contribution in [2.75, 3.05) is 0 Å². The molecule has 14 heavy (non-hydrogen) atoms. The smallest absolute Gasteiger partial charge is 0.0950 e. The second-order valence-corrected chi connectivity index (χ2v) is 3.18. The minimum absolute atomic E-state index is 0.629. The van der Waals surface area contributed by atoms with E-state index in [2.05, 4.69) is 12.6 Å². The van der Waals surface area contributed by atoms with Gasteiger partial charge in [-0.25, -0.2) is 0 Å². The first kappa shape index (κ1) is 10.3. The zero-order chi connectivity index (χ0) is 10.4. The van der Waals surface area contributed by atoms with Crippen LogP contribution in [0.25, 0.3) is 6.08 Å². The highest BCUT2D eigenvalue weighted by molar-refractivity contribution is 5.57. The Balaban J connectivity index is 2.90. The van der Waals surface area contributed by atoms with Gasteiger partial charge < -0.3 is 0 Å². The first-order chi connectivity index (χ1) is 6.76.